The molecule has 21 heavy (non-hydrogen) atoms. The number of hydrogen-bond acceptors (Lipinski definition) is 4. The first-order valence-electron chi connectivity index (χ1n) is 6.19. The van der Waals surface area contributed by atoms with E-state index in [2.05, 4.69) is 4.74 Å². The average molecular weight is 288 g/mol. The molecule has 0 radical (unpaired) electrons. The van der Waals surface area contributed by atoms with Crippen molar-refractivity contribution in [2.45, 2.75) is 6.61 Å². The second-order valence-electron chi connectivity index (χ2n) is 4.25. The maximum atomic E-state index is 13.7. The van der Waals surface area contributed by atoms with E-state index in [4.69, 9.17) is 4.74 Å². The topological polar surface area (TPSA) is 52.6 Å². The molecule has 2 rings (SSSR count). The molecule has 0 N–H and O–H groups in total. The number of ether oxygens (including phenoxy) is 2. The van der Waals surface area contributed by atoms with Crippen LogP contribution in [0.15, 0.2) is 42.5 Å². The van der Waals surface area contributed by atoms with Crippen LogP contribution in [0.4, 0.5) is 4.39 Å². The lowest BCUT2D eigenvalue weighted by Crippen LogP contribution is -2.08. The van der Waals surface area contributed by atoms with E-state index in [1.807, 2.05) is 0 Å². The summed E-state index contributed by atoms with van der Waals surface area (Å²) in [5, 5.41) is 0. The Morgan fingerprint density at radius 2 is 2.00 bits per heavy atom. The highest BCUT2D eigenvalue weighted by atomic mass is 19.1. The van der Waals surface area contributed by atoms with Gasteiger partial charge in [-0.05, 0) is 24.3 Å². The minimum absolute atomic E-state index is 0.0141. The van der Waals surface area contributed by atoms with Crippen molar-refractivity contribution in [1.29, 1.82) is 0 Å². The summed E-state index contributed by atoms with van der Waals surface area (Å²) >= 11 is 0. The number of rotatable bonds is 5. The van der Waals surface area contributed by atoms with Gasteiger partial charge in [-0.25, -0.2) is 9.18 Å². The summed E-state index contributed by atoms with van der Waals surface area (Å²) in [5.41, 5.74) is 1.18. The molecule has 0 heterocycles. The smallest absolute Gasteiger partial charge is 0.338 e. The first-order valence-corrected chi connectivity index (χ1v) is 6.19. The fraction of sp³-hybridized carbons (Fsp3) is 0.125. The molecule has 0 amide bonds. The highest BCUT2D eigenvalue weighted by molar-refractivity contribution is 5.90. The summed E-state index contributed by atoms with van der Waals surface area (Å²) in [4.78, 5) is 22.1. The van der Waals surface area contributed by atoms with Gasteiger partial charge in [-0.3, -0.25) is 4.79 Å². The quantitative estimate of drug-likeness (QED) is 0.627. The van der Waals surface area contributed by atoms with Crippen LogP contribution in [-0.4, -0.2) is 19.4 Å². The lowest BCUT2D eigenvalue weighted by molar-refractivity contribution is 0.0597. The molecular formula is C16H13FO4. The first kappa shape index (κ1) is 14.7. The second kappa shape index (κ2) is 6.65. The van der Waals surface area contributed by atoms with Crippen LogP contribution in [0.1, 0.15) is 26.3 Å². The van der Waals surface area contributed by atoms with Crippen molar-refractivity contribution in [2.24, 2.45) is 0 Å². The van der Waals surface area contributed by atoms with E-state index in [-0.39, 0.29) is 17.9 Å². The number of benzene rings is 2. The molecule has 0 bridgehead atoms. The number of carbonyl (C=O) groups excluding carboxylic acids is 2. The van der Waals surface area contributed by atoms with E-state index < -0.39 is 11.8 Å². The van der Waals surface area contributed by atoms with Crippen molar-refractivity contribution >= 4 is 12.3 Å². The van der Waals surface area contributed by atoms with E-state index >= 15 is 0 Å². The van der Waals surface area contributed by atoms with Crippen LogP contribution in [0.25, 0.3) is 0 Å². The van der Waals surface area contributed by atoms with Gasteiger partial charge < -0.3 is 9.47 Å². The van der Waals surface area contributed by atoms with Gasteiger partial charge in [0, 0.05) is 11.1 Å². The monoisotopic (exact) mass is 288 g/mol. The van der Waals surface area contributed by atoms with Gasteiger partial charge in [-0.1, -0.05) is 18.2 Å². The third kappa shape index (κ3) is 3.45. The fourth-order valence-electron chi connectivity index (χ4n) is 1.82. The Labute approximate surface area is 121 Å². The molecule has 0 saturated carbocycles. The summed E-state index contributed by atoms with van der Waals surface area (Å²) in [5.74, 6) is -1.10. The van der Waals surface area contributed by atoms with Crippen LogP contribution in [0.5, 0.6) is 5.75 Å². The average Bonchev–Trinajstić information content (AvgIpc) is 2.53. The van der Waals surface area contributed by atoms with E-state index in [1.54, 1.807) is 24.3 Å². The minimum Gasteiger partial charge on any atom is -0.486 e. The van der Waals surface area contributed by atoms with Crippen molar-refractivity contribution in [2.75, 3.05) is 7.11 Å². The Hall–Kier alpha value is -2.69. The molecule has 5 heteroatoms. The normalized spacial score (nSPS) is 10.0. The van der Waals surface area contributed by atoms with Gasteiger partial charge >= 0.3 is 5.97 Å². The Morgan fingerprint density at radius 1 is 1.24 bits per heavy atom. The van der Waals surface area contributed by atoms with Gasteiger partial charge in [0.2, 0.25) is 0 Å². The maximum Gasteiger partial charge on any atom is 0.338 e. The predicted octanol–water partition coefficient (Wildman–Crippen LogP) is 3.00. The third-order valence-corrected chi connectivity index (χ3v) is 2.90. The summed E-state index contributed by atoms with van der Waals surface area (Å²) in [6.45, 7) is 0.0165. The SMILES string of the molecule is COC(=O)c1ccccc1COc1ccc(C=O)cc1F. The summed E-state index contributed by atoms with van der Waals surface area (Å²) in [6, 6.07) is 10.7. The predicted molar refractivity (Wildman–Crippen MR) is 73.9 cm³/mol. The van der Waals surface area contributed by atoms with Crippen LogP contribution in [0, 0.1) is 5.82 Å². The summed E-state index contributed by atoms with van der Waals surface area (Å²) in [6.07, 6.45) is 0.555. The second-order valence-corrected chi connectivity index (χ2v) is 4.25. The minimum atomic E-state index is -0.629. The van der Waals surface area contributed by atoms with E-state index in [0.29, 0.717) is 17.4 Å². The molecule has 0 aliphatic heterocycles. The van der Waals surface area contributed by atoms with E-state index in [0.717, 1.165) is 6.07 Å². The van der Waals surface area contributed by atoms with Crippen LogP contribution in [0.3, 0.4) is 0 Å². The summed E-state index contributed by atoms with van der Waals surface area (Å²) in [7, 11) is 1.29. The molecule has 0 aliphatic carbocycles. The van der Waals surface area contributed by atoms with Crippen LogP contribution >= 0.6 is 0 Å². The highest BCUT2D eigenvalue weighted by Crippen LogP contribution is 2.20. The largest absolute Gasteiger partial charge is 0.486 e. The Kier molecular flexibility index (Phi) is 4.66. The first-order chi connectivity index (χ1) is 10.2. The molecule has 0 aromatic heterocycles. The molecule has 4 nitrogen and oxygen atoms in total. The molecule has 0 unspecified atom stereocenters. The van der Waals surface area contributed by atoms with Crippen LogP contribution in [0.2, 0.25) is 0 Å². The number of methoxy groups -OCH3 is 1. The van der Waals surface area contributed by atoms with Gasteiger partial charge in [0.1, 0.15) is 12.9 Å². The van der Waals surface area contributed by atoms with E-state index in [1.165, 1.54) is 19.2 Å². The Morgan fingerprint density at radius 3 is 2.67 bits per heavy atom. The zero-order valence-electron chi connectivity index (χ0n) is 11.3. The lowest BCUT2D eigenvalue weighted by atomic mass is 10.1. The van der Waals surface area contributed by atoms with Gasteiger partial charge in [-0.15, -0.1) is 0 Å². The zero-order valence-corrected chi connectivity index (χ0v) is 11.3. The van der Waals surface area contributed by atoms with Crippen molar-refractivity contribution in [3.05, 3.63) is 65.0 Å². The van der Waals surface area contributed by atoms with E-state index in [9.17, 15) is 14.0 Å². The van der Waals surface area contributed by atoms with Crippen molar-refractivity contribution in [3.63, 3.8) is 0 Å². The molecule has 0 atom stereocenters. The van der Waals surface area contributed by atoms with Crippen molar-refractivity contribution in [3.8, 4) is 5.75 Å². The number of halogens is 1. The number of hydrogen-bond donors (Lipinski definition) is 0. The van der Waals surface area contributed by atoms with Gasteiger partial charge in [-0.2, -0.15) is 0 Å². The number of esters is 1. The molecule has 108 valence electrons. The lowest BCUT2D eigenvalue weighted by Gasteiger charge is -2.10. The molecule has 0 aliphatic rings. The third-order valence-electron chi connectivity index (χ3n) is 2.90. The Balaban J connectivity index is 2.17. The number of carbonyl (C=O) groups is 2. The molecule has 0 fully saturated rings. The van der Waals surface area contributed by atoms with Gasteiger partial charge in [0.25, 0.3) is 0 Å². The summed E-state index contributed by atoms with van der Waals surface area (Å²) < 4.78 is 23.7. The van der Waals surface area contributed by atoms with Crippen LogP contribution in [-0.2, 0) is 11.3 Å². The molecule has 2 aromatic rings. The van der Waals surface area contributed by atoms with Crippen molar-refractivity contribution < 1.29 is 23.5 Å². The van der Waals surface area contributed by atoms with Gasteiger partial charge in [0.05, 0.1) is 12.7 Å². The molecule has 0 spiro atoms. The molecule has 2 aromatic carbocycles. The van der Waals surface area contributed by atoms with Gasteiger partial charge in [0.15, 0.2) is 11.6 Å². The van der Waals surface area contributed by atoms with Crippen LogP contribution < -0.4 is 4.74 Å². The number of aldehydes is 1. The Bertz CT molecular complexity index is 667. The van der Waals surface area contributed by atoms with Crippen molar-refractivity contribution in [1.82, 2.24) is 0 Å². The highest BCUT2D eigenvalue weighted by Gasteiger charge is 2.12. The standard InChI is InChI=1S/C16H13FO4/c1-20-16(19)13-5-3-2-4-12(13)10-21-15-7-6-11(9-18)8-14(15)17/h2-9H,10H2,1H3. The fourth-order valence-corrected chi connectivity index (χ4v) is 1.82. The molecule has 0 saturated heterocycles. The molecular weight excluding hydrogens is 275 g/mol. The zero-order chi connectivity index (χ0) is 15.2. The maximum absolute atomic E-state index is 13.7.